The quantitative estimate of drug-likeness (QED) is 0.625. The van der Waals surface area contributed by atoms with Crippen LogP contribution in [0.1, 0.15) is 38.2 Å². The summed E-state index contributed by atoms with van der Waals surface area (Å²) < 4.78 is 28.9. The van der Waals surface area contributed by atoms with E-state index in [9.17, 15) is 18.0 Å². The smallest absolute Gasteiger partial charge is 0.311 e. The average molecular weight is 466 g/mol. The van der Waals surface area contributed by atoms with E-state index in [2.05, 4.69) is 10.2 Å². The van der Waals surface area contributed by atoms with Gasteiger partial charge in [-0.1, -0.05) is 18.7 Å². The Morgan fingerprint density at radius 1 is 1.19 bits per heavy atom. The van der Waals surface area contributed by atoms with Crippen LogP contribution in [0.15, 0.2) is 33.0 Å². The highest BCUT2D eigenvalue weighted by Gasteiger charge is 2.30. The Morgan fingerprint density at radius 3 is 2.71 bits per heavy atom. The molecule has 0 spiro atoms. The predicted octanol–water partition coefficient (Wildman–Crippen LogP) is 1.84. The molecule has 0 aliphatic carbocycles. The number of nitrogens with zero attached hydrogens (tertiary/aromatic N) is 4. The molecule has 2 aliphatic rings. The van der Waals surface area contributed by atoms with Crippen molar-refractivity contribution in [3.05, 3.63) is 34.2 Å². The monoisotopic (exact) mass is 465 g/mol. The van der Waals surface area contributed by atoms with E-state index in [1.165, 1.54) is 20.6 Å². The van der Waals surface area contributed by atoms with Gasteiger partial charge in [0, 0.05) is 31.9 Å². The Bertz CT molecular complexity index is 1120. The molecule has 1 N–H and O–H groups in total. The molecule has 2 aliphatic heterocycles. The molecule has 1 aromatic carbocycles. The zero-order valence-electron chi connectivity index (χ0n) is 17.5. The van der Waals surface area contributed by atoms with Crippen LogP contribution in [0.25, 0.3) is 0 Å². The lowest BCUT2D eigenvalue weighted by atomic mass is 10.0. The summed E-state index contributed by atoms with van der Waals surface area (Å²) >= 11 is 1.24. The number of aromatic amines is 1. The van der Waals surface area contributed by atoms with Crippen LogP contribution in [0.2, 0.25) is 0 Å². The number of H-pyrrole nitrogens is 1. The summed E-state index contributed by atoms with van der Waals surface area (Å²) in [6.07, 6.45) is 4.10. The number of hydrogen-bond acceptors (Lipinski definition) is 6. The zero-order chi connectivity index (χ0) is 22.0. The van der Waals surface area contributed by atoms with E-state index in [4.69, 9.17) is 0 Å². The van der Waals surface area contributed by atoms with E-state index >= 15 is 0 Å². The normalized spacial score (nSPS) is 17.1. The Kier molecular flexibility index (Phi) is 6.54. The first-order valence-electron chi connectivity index (χ1n) is 10.6. The second kappa shape index (κ2) is 9.17. The summed E-state index contributed by atoms with van der Waals surface area (Å²) in [7, 11) is -3.48. The highest BCUT2D eigenvalue weighted by molar-refractivity contribution is 7.99. The molecule has 1 aromatic heterocycles. The van der Waals surface area contributed by atoms with Crippen LogP contribution in [0.4, 0.5) is 5.69 Å². The van der Waals surface area contributed by atoms with Crippen molar-refractivity contribution in [2.45, 2.75) is 55.6 Å². The molecule has 0 radical (unpaired) electrons. The molecule has 0 saturated carbocycles. The van der Waals surface area contributed by atoms with E-state index in [1.807, 2.05) is 6.92 Å². The number of aromatic nitrogens is 3. The van der Waals surface area contributed by atoms with Crippen LogP contribution in [0.3, 0.4) is 0 Å². The molecule has 31 heavy (non-hydrogen) atoms. The maximum Gasteiger partial charge on any atom is 0.343 e. The Balaban J connectivity index is 1.50. The minimum atomic E-state index is -3.48. The number of sulfonamides is 1. The van der Waals surface area contributed by atoms with Crippen LogP contribution in [0, 0.1) is 0 Å². The number of aryl methyl sites for hydroxylation is 1. The van der Waals surface area contributed by atoms with E-state index in [0.29, 0.717) is 36.2 Å². The van der Waals surface area contributed by atoms with Crippen molar-refractivity contribution in [1.82, 2.24) is 19.1 Å². The van der Waals surface area contributed by atoms with Gasteiger partial charge in [-0.2, -0.15) is 4.31 Å². The van der Waals surface area contributed by atoms with Gasteiger partial charge in [-0.05, 0) is 55.9 Å². The number of amides is 1. The van der Waals surface area contributed by atoms with Gasteiger partial charge in [-0.15, -0.1) is 5.10 Å². The number of fused-ring (bicyclic) bond motifs is 1. The van der Waals surface area contributed by atoms with E-state index in [0.717, 1.165) is 43.4 Å². The van der Waals surface area contributed by atoms with E-state index in [-0.39, 0.29) is 17.3 Å². The van der Waals surface area contributed by atoms with Crippen molar-refractivity contribution in [1.29, 1.82) is 0 Å². The molecule has 1 saturated heterocycles. The summed E-state index contributed by atoms with van der Waals surface area (Å²) in [5.74, 6) is 0.0703. The van der Waals surface area contributed by atoms with Crippen molar-refractivity contribution >= 4 is 33.4 Å². The largest absolute Gasteiger partial charge is 0.343 e. The van der Waals surface area contributed by atoms with E-state index < -0.39 is 10.0 Å². The van der Waals surface area contributed by atoms with Crippen LogP contribution in [-0.2, 0) is 27.8 Å². The fourth-order valence-corrected chi connectivity index (χ4v) is 6.53. The molecule has 0 bridgehead atoms. The number of hydrogen-bond donors (Lipinski definition) is 1. The molecular formula is C20H27N5O4S2. The summed E-state index contributed by atoms with van der Waals surface area (Å²) in [5.41, 5.74) is 1.38. The highest BCUT2D eigenvalue weighted by atomic mass is 32.2. The van der Waals surface area contributed by atoms with Gasteiger partial charge in [0.2, 0.25) is 15.9 Å². The Labute approximate surface area is 185 Å². The maximum absolute atomic E-state index is 13.0. The number of thioether (sulfide) groups is 1. The van der Waals surface area contributed by atoms with Crippen molar-refractivity contribution < 1.29 is 13.2 Å². The molecule has 3 heterocycles. The minimum Gasteiger partial charge on any atom is -0.311 e. The third kappa shape index (κ3) is 4.44. The SMILES string of the molecule is CCCn1c(SCC(=O)N2CCCc3cc(S(=O)(=O)N4CCCC4)ccc32)n[nH]c1=O. The number of carbonyl (C=O) groups excluding carboxylic acids is 1. The van der Waals surface area contributed by atoms with Gasteiger partial charge in [0.15, 0.2) is 5.16 Å². The molecule has 0 unspecified atom stereocenters. The summed E-state index contributed by atoms with van der Waals surface area (Å²) in [4.78, 5) is 26.8. The van der Waals surface area contributed by atoms with Crippen LogP contribution in [-0.4, -0.2) is 58.8 Å². The zero-order valence-corrected chi connectivity index (χ0v) is 19.2. The second-order valence-corrected chi connectivity index (χ2v) is 10.7. The van der Waals surface area contributed by atoms with Gasteiger partial charge < -0.3 is 4.90 Å². The molecule has 4 rings (SSSR count). The molecule has 11 heteroatoms. The van der Waals surface area contributed by atoms with Crippen molar-refractivity contribution in [2.24, 2.45) is 0 Å². The number of carbonyl (C=O) groups is 1. The summed E-state index contributed by atoms with van der Waals surface area (Å²) in [6.45, 7) is 4.25. The van der Waals surface area contributed by atoms with Crippen molar-refractivity contribution in [3.8, 4) is 0 Å². The molecule has 168 valence electrons. The molecule has 9 nitrogen and oxygen atoms in total. The van der Waals surface area contributed by atoms with Crippen LogP contribution < -0.4 is 10.6 Å². The number of benzene rings is 1. The fraction of sp³-hybridized carbons (Fsp3) is 0.550. The molecule has 2 aromatic rings. The lowest BCUT2D eigenvalue weighted by Crippen LogP contribution is -2.37. The van der Waals surface area contributed by atoms with Crippen LogP contribution >= 0.6 is 11.8 Å². The summed E-state index contributed by atoms with van der Waals surface area (Å²) in [6, 6.07) is 5.08. The van der Waals surface area contributed by atoms with Crippen molar-refractivity contribution in [3.63, 3.8) is 0 Å². The first-order valence-corrected chi connectivity index (χ1v) is 13.1. The maximum atomic E-state index is 13.0. The van der Waals surface area contributed by atoms with Gasteiger partial charge in [0.25, 0.3) is 0 Å². The molecular weight excluding hydrogens is 438 g/mol. The molecule has 1 amide bonds. The topological polar surface area (TPSA) is 108 Å². The third-order valence-electron chi connectivity index (χ3n) is 5.67. The average Bonchev–Trinajstić information content (AvgIpc) is 3.43. The van der Waals surface area contributed by atoms with Crippen LogP contribution in [0.5, 0.6) is 0 Å². The predicted molar refractivity (Wildman–Crippen MR) is 119 cm³/mol. The Hall–Kier alpha value is -2.11. The standard InChI is InChI=1S/C20H27N5O4S2/c1-2-9-25-19(27)21-22-20(25)30-14-18(26)24-12-5-6-15-13-16(7-8-17(15)24)31(28,29)23-10-3-4-11-23/h7-8,13H,2-6,9-12,14H2,1H3,(H,21,27). The first-order chi connectivity index (χ1) is 14.9. The number of nitrogens with one attached hydrogen (secondary N) is 1. The van der Waals surface area contributed by atoms with Gasteiger partial charge in [0.1, 0.15) is 0 Å². The highest BCUT2D eigenvalue weighted by Crippen LogP contribution is 2.32. The van der Waals surface area contributed by atoms with Gasteiger partial charge in [-0.3, -0.25) is 9.36 Å². The lowest BCUT2D eigenvalue weighted by Gasteiger charge is -2.30. The van der Waals surface area contributed by atoms with E-state index in [1.54, 1.807) is 23.1 Å². The number of anilines is 1. The fourth-order valence-electron chi connectivity index (χ4n) is 4.11. The molecule has 0 atom stereocenters. The minimum absolute atomic E-state index is 0.0837. The third-order valence-corrected chi connectivity index (χ3v) is 8.52. The molecule has 1 fully saturated rings. The van der Waals surface area contributed by atoms with Gasteiger partial charge in [0.05, 0.1) is 10.6 Å². The van der Waals surface area contributed by atoms with Gasteiger partial charge >= 0.3 is 5.69 Å². The Morgan fingerprint density at radius 2 is 1.97 bits per heavy atom. The lowest BCUT2D eigenvalue weighted by molar-refractivity contribution is -0.116. The van der Waals surface area contributed by atoms with Crippen molar-refractivity contribution in [2.75, 3.05) is 30.3 Å². The summed E-state index contributed by atoms with van der Waals surface area (Å²) in [5, 5.41) is 6.96. The second-order valence-electron chi connectivity index (χ2n) is 7.80. The van der Waals surface area contributed by atoms with Gasteiger partial charge in [-0.25, -0.2) is 18.3 Å². The number of rotatable bonds is 7. The first kappa shape index (κ1) is 22.1.